The lowest BCUT2D eigenvalue weighted by atomic mass is 9.88. The fraction of sp³-hybridized carbons (Fsp3) is 0.609. The second-order valence-corrected chi connectivity index (χ2v) is 8.44. The quantitative estimate of drug-likeness (QED) is 0.682. The third kappa shape index (κ3) is 5.52. The zero-order chi connectivity index (χ0) is 21.7. The molecule has 3 amide bonds. The van der Waals surface area contributed by atoms with Gasteiger partial charge in [0.15, 0.2) is 0 Å². The van der Waals surface area contributed by atoms with Crippen molar-refractivity contribution < 1.29 is 19.1 Å². The van der Waals surface area contributed by atoms with Crippen LogP contribution in [0.2, 0.25) is 0 Å². The normalized spacial score (nSPS) is 19.0. The van der Waals surface area contributed by atoms with Crippen LogP contribution in [0.15, 0.2) is 24.3 Å². The van der Waals surface area contributed by atoms with E-state index in [2.05, 4.69) is 10.6 Å². The van der Waals surface area contributed by atoms with Gasteiger partial charge in [0.2, 0.25) is 11.8 Å². The molecule has 1 aromatic carbocycles. The lowest BCUT2D eigenvalue weighted by molar-refractivity contribution is -0.134. The molecular formula is C23H33N3O4. The molecule has 2 aliphatic rings. The van der Waals surface area contributed by atoms with Gasteiger partial charge in [0.05, 0.1) is 7.11 Å². The van der Waals surface area contributed by atoms with E-state index >= 15 is 0 Å². The summed E-state index contributed by atoms with van der Waals surface area (Å²) in [5.41, 5.74) is 0.456. The lowest BCUT2D eigenvalue weighted by Crippen LogP contribution is -2.55. The predicted octanol–water partition coefficient (Wildman–Crippen LogP) is 2.36. The van der Waals surface area contributed by atoms with Crippen LogP contribution in [0.25, 0.3) is 0 Å². The Balaban J connectivity index is 1.69. The van der Waals surface area contributed by atoms with Gasteiger partial charge in [-0.2, -0.15) is 0 Å². The number of ether oxygens (including phenoxy) is 1. The fourth-order valence-electron chi connectivity index (χ4n) is 3.86. The van der Waals surface area contributed by atoms with Gasteiger partial charge in [-0.05, 0) is 63.1 Å². The monoisotopic (exact) mass is 415 g/mol. The number of hydrogen-bond acceptors (Lipinski definition) is 4. The number of methoxy groups -OCH3 is 1. The van der Waals surface area contributed by atoms with Crippen LogP contribution in [0, 0.1) is 11.8 Å². The van der Waals surface area contributed by atoms with Crippen molar-refractivity contribution in [2.24, 2.45) is 11.8 Å². The second kappa shape index (κ2) is 9.96. The summed E-state index contributed by atoms with van der Waals surface area (Å²) in [6.45, 7) is 5.25. The standard InChI is InChI=1S/C23H33N3O4/c1-4-15(2)24-22(28)20(25-21(27)18-6-5-7-19(14-18)30-3)16-10-12-26(13-11-16)23(29)17-8-9-17/h5-7,14-17,20H,4,8-13H2,1-3H3,(H,24,28)(H,25,27)/t15-,20+/m0/s1. The lowest BCUT2D eigenvalue weighted by Gasteiger charge is -2.36. The Morgan fingerprint density at radius 1 is 1.13 bits per heavy atom. The van der Waals surface area contributed by atoms with Crippen LogP contribution < -0.4 is 15.4 Å². The molecule has 1 aliphatic carbocycles. The van der Waals surface area contributed by atoms with Gasteiger partial charge in [-0.15, -0.1) is 0 Å². The first-order valence-corrected chi connectivity index (χ1v) is 11.0. The number of benzene rings is 1. The Morgan fingerprint density at radius 2 is 1.83 bits per heavy atom. The zero-order valence-electron chi connectivity index (χ0n) is 18.1. The van der Waals surface area contributed by atoms with Crippen LogP contribution in [-0.4, -0.2) is 54.9 Å². The van der Waals surface area contributed by atoms with Crippen LogP contribution in [0.5, 0.6) is 5.75 Å². The van der Waals surface area contributed by atoms with E-state index in [-0.39, 0.29) is 35.6 Å². The van der Waals surface area contributed by atoms with Gasteiger partial charge in [-0.1, -0.05) is 13.0 Å². The van der Waals surface area contributed by atoms with Crippen LogP contribution in [0.1, 0.15) is 56.3 Å². The topological polar surface area (TPSA) is 87.7 Å². The molecule has 1 saturated carbocycles. The third-order valence-corrected chi connectivity index (χ3v) is 6.15. The van der Waals surface area contributed by atoms with Crippen LogP contribution in [-0.2, 0) is 9.59 Å². The van der Waals surface area contributed by atoms with Gasteiger partial charge in [0.25, 0.3) is 5.91 Å². The van der Waals surface area contributed by atoms with E-state index in [4.69, 9.17) is 4.74 Å². The molecule has 2 atom stereocenters. The van der Waals surface area contributed by atoms with Crippen molar-refractivity contribution in [1.82, 2.24) is 15.5 Å². The molecule has 0 bridgehead atoms. The summed E-state index contributed by atoms with van der Waals surface area (Å²) in [5, 5.41) is 5.96. The Morgan fingerprint density at radius 3 is 2.43 bits per heavy atom. The first kappa shape index (κ1) is 22.1. The number of nitrogens with one attached hydrogen (secondary N) is 2. The van der Waals surface area contributed by atoms with E-state index in [1.807, 2.05) is 18.7 Å². The summed E-state index contributed by atoms with van der Waals surface area (Å²) in [4.78, 5) is 40.2. The van der Waals surface area contributed by atoms with Crippen LogP contribution in [0.4, 0.5) is 0 Å². The van der Waals surface area contributed by atoms with Gasteiger partial charge in [-0.3, -0.25) is 14.4 Å². The number of nitrogens with zero attached hydrogens (tertiary/aromatic N) is 1. The van der Waals surface area contributed by atoms with E-state index in [0.717, 1.165) is 19.3 Å². The molecule has 0 unspecified atom stereocenters. The Hall–Kier alpha value is -2.57. The number of likely N-dealkylation sites (tertiary alicyclic amines) is 1. The number of piperidine rings is 1. The maximum atomic E-state index is 13.0. The molecule has 164 valence electrons. The molecule has 2 fully saturated rings. The van der Waals surface area contributed by atoms with Crippen molar-refractivity contribution in [3.8, 4) is 5.75 Å². The summed E-state index contributed by atoms with van der Waals surface area (Å²) >= 11 is 0. The summed E-state index contributed by atoms with van der Waals surface area (Å²) in [7, 11) is 1.55. The molecule has 1 saturated heterocycles. The number of amides is 3. The molecular weight excluding hydrogens is 382 g/mol. The van der Waals surface area contributed by atoms with Crippen LogP contribution in [0.3, 0.4) is 0 Å². The molecule has 30 heavy (non-hydrogen) atoms. The average molecular weight is 416 g/mol. The van der Waals surface area contributed by atoms with Crippen molar-refractivity contribution in [3.05, 3.63) is 29.8 Å². The predicted molar refractivity (Wildman–Crippen MR) is 114 cm³/mol. The highest BCUT2D eigenvalue weighted by Gasteiger charge is 2.38. The van der Waals surface area contributed by atoms with Crippen LogP contribution >= 0.6 is 0 Å². The molecule has 1 heterocycles. The van der Waals surface area contributed by atoms with E-state index in [9.17, 15) is 14.4 Å². The van der Waals surface area contributed by atoms with E-state index in [0.29, 0.717) is 37.2 Å². The van der Waals surface area contributed by atoms with E-state index in [1.165, 1.54) is 0 Å². The molecule has 0 spiro atoms. The molecule has 1 aromatic rings. The molecule has 7 nitrogen and oxygen atoms in total. The largest absolute Gasteiger partial charge is 0.497 e. The Bertz CT molecular complexity index is 769. The molecule has 0 radical (unpaired) electrons. The molecule has 7 heteroatoms. The minimum atomic E-state index is -0.629. The van der Waals surface area contributed by atoms with E-state index in [1.54, 1.807) is 31.4 Å². The molecule has 3 rings (SSSR count). The number of rotatable bonds is 8. The summed E-state index contributed by atoms with van der Waals surface area (Å²) in [6.07, 6.45) is 4.21. The average Bonchev–Trinajstić information content (AvgIpc) is 3.62. The Labute approximate surface area is 178 Å². The van der Waals surface area contributed by atoms with Gasteiger partial charge < -0.3 is 20.3 Å². The minimum Gasteiger partial charge on any atom is -0.497 e. The second-order valence-electron chi connectivity index (χ2n) is 8.44. The van der Waals surface area contributed by atoms with Gasteiger partial charge in [0, 0.05) is 30.6 Å². The SMILES string of the molecule is CC[C@H](C)NC(=O)[C@H](NC(=O)c1cccc(OC)c1)C1CCN(C(=O)C2CC2)CC1. The highest BCUT2D eigenvalue weighted by Crippen LogP contribution is 2.33. The first-order chi connectivity index (χ1) is 14.4. The molecule has 0 aromatic heterocycles. The minimum absolute atomic E-state index is 0.00753. The summed E-state index contributed by atoms with van der Waals surface area (Å²) in [5.74, 6) is 0.581. The number of carbonyl (C=O) groups is 3. The number of carbonyl (C=O) groups excluding carboxylic acids is 3. The third-order valence-electron chi connectivity index (χ3n) is 6.15. The highest BCUT2D eigenvalue weighted by molar-refractivity contribution is 5.98. The Kier molecular flexibility index (Phi) is 7.34. The highest BCUT2D eigenvalue weighted by atomic mass is 16.5. The van der Waals surface area contributed by atoms with Gasteiger partial charge in [0.1, 0.15) is 11.8 Å². The maximum absolute atomic E-state index is 13.0. The summed E-state index contributed by atoms with van der Waals surface area (Å²) < 4.78 is 5.20. The van der Waals surface area contributed by atoms with Crippen molar-refractivity contribution in [2.45, 2.75) is 58.0 Å². The molecule has 2 N–H and O–H groups in total. The fourth-order valence-corrected chi connectivity index (χ4v) is 3.86. The van der Waals surface area contributed by atoms with Gasteiger partial charge >= 0.3 is 0 Å². The zero-order valence-corrected chi connectivity index (χ0v) is 18.1. The maximum Gasteiger partial charge on any atom is 0.252 e. The van der Waals surface area contributed by atoms with Crippen molar-refractivity contribution in [1.29, 1.82) is 0 Å². The smallest absolute Gasteiger partial charge is 0.252 e. The molecule has 1 aliphatic heterocycles. The van der Waals surface area contributed by atoms with Gasteiger partial charge in [-0.25, -0.2) is 0 Å². The first-order valence-electron chi connectivity index (χ1n) is 11.0. The van der Waals surface area contributed by atoms with Crippen molar-refractivity contribution in [2.75, 3.05) is 20.2 Å². The summed E-state index contributed by atoms with van der Waals surface area (Å²) in [6, 6.07) is 6.30. The van der Waals surface area contributed by atoms with Crippen molar-refractivity contribution in [3.63, 3.8) is 0 Å². The van der Waals surface area contributed by atoms with E-state index < -0.39 is 6.04 Å². The van der Waals surface area contributed by atoms with Crippen molar-refractivity contribution >= 4 is 17.7 Å². The number of hydrogen-bond donors (Lipinski definition) is 2.